The minimum atomic E-state index is -1.000. The second kappa shape index (κ2) is 6.90. The molecule has 5 nitrogen and oxygen atoms in total. The van der Waals surface area contributed by atoms with E-state index in [1.54, 1.807) is 4.90 Å². The first-order valence-corrected chi connectivity index (χ1v) is 9.01. The first kappa shape index (κ1) is 16.5. The largest absolute Gasteiger partial charge is 0.479 e. The minimum absolute atomic E-state index is 0.191. The number of carbonyl (C=O) groups is 2. The number of nitrogens with zero attached hydrogens (tertiary/aromatic N) is 1. The molecule has 0 bridgehead atoms. The molecule has 6 heteroatoms. The summed E-state index contributed by atoms with van der Waals surface area (Å²) in [6, 6.07) is 0.00870. The highest BCUT2D eigenvalue weighted by atomic mass is 32.2. The average Bonchev–Trinajstić information content (AvgIpc) is 3.06. The van der Waals surface area contributed by atoms with Crippen molar-refractivity contribution in [3.63, 3.8) is 0 Å². The maximum Gasteiger partial charge on any atom is 0.329 e. The molecule has 21 heavy (non-hydrogen) atoms. The van der Waals surface area contributed by atoms with Gasteiger partial charge in [0.05, 0.1) is 0 Å². The number of likely N-dealkylation sites (tertiary alicyclic amines) is 1. The van der Waals surface area contributed by atoms with Crippen LogP contribution in [0.4, 0.5) is 4.79 Å². The molecule has 1 saturated heterocycles. The molecule has 2 fully saturated rings. The van der Waals surface area contributed by atoms with Gasteiger partial charge in [-0.2, -0.15) is 11.8 Å². The Bertz CT molecular complexity index is 404. The molecule has 1 heterocycles. The van der Waals surface area contributed by atoms with Gasteiger partial charge in [-0.05, 0) is 44.3 Å². The Labute approximate surface area is 130 Å². The fourth-order valence-electron chi connectivity index (χ4n) is 3.63. The lowest BCUT2D eigenvalue weighted by atomic mass is 9.93. The van der Waals surface area contributed by atoms with Crippen LogP contribution in [0.3, 0.4) is 0 Å². The number of hydrogen-bond donors (Lipinski definition) is 2. The molecule has 0 radical (unpaired) electrons. The van der Waals surface area contributed by atoms with Crippen molar-refractivity contribution in [1.82, 2.24) is 10.2 Å². The predicted octanol–water partition coefficient (Wildman–Crippen LogP) is 2.70. The fourth-order valence-corrected chi connectivity index (χ4v) is 4.77. The smallest absolute Gasteiger partial charge is 0.329 e. The molecule has 1 aliphatic heterocycles. The number of aliphatic carboxylic acids is 1. The number of carboxylic acid groups (broad SMARTS) is 1. The Morgan fingerprint density at radius 1 is 1.38 bits per heavy atom. The zero-order chi connectivity index (χ0) is 15.5. The number of thioether (sulfide) groups is 1. The van der Waals surface area contributed by atoms with Crippen molar-refractivity contribution in [2.75, 3.05) is 12.3 Å². The molecule has 1 saturated carbocycles. The first-order valence-electron chi connectivity index (χ1n) is 7.96. The van der Waals surface area contributed by atoms with E-state index in [0.29, 0.717) is 24.6 Å². The number of carbonyl (C=O) groups excluding carboxylic acids is 1. The summed E-state index contributed by atoms with van der Waals surface area (Å²) < 4.78 is 0. The number of nitrogens with one attached hydrogen (secondary N) is 1. The van der Waals surface area contributed by atoms with Gasteiger partial charge in [0.1, 0.15) is 5.54 Å². The lowest BCUT2D eigenvalue weighted by Crippen LogP contribution is -2.56. The number of carboxylic acids is 1. The van der Waals surface area contributed by atoms with E-state index in [1.807, 2.05) is 18.7 Å². The zero-order valence-corrected chi connectivity index (χ0v) is 13.7. The summed E-state index contributed by atoms with van der Waals surface area (Å²) in [4.78, 5) is 25.7. The third-order valence-corrected chi connectivity index (χ3v) is 6.06. The lowest BCUT2D eigenvalue weighted by molar-refractivity contribution is -0.148. The summed E-state index contributed by atoms with van der Waals surface area (Å²) in [5.74, 6) is 0.235. The molecule has 0 aromatic heterocycles. The van der Waals surface area contributed by atoms with Crippen LogP contribution in [0.5, 0.6) is 0 Å². The van der Waals surface area contributed by atoms with Crippen LogP contribution < -0.4 is 5.32 Å². The molecule has 1 aliphatic carbocycles. The third kappa shape index (κ3) is 3.30. The molecular formula is C15H26N2O3S. The SMILES string of the molecule is CCSC1CCC(NC(=O)N2CCCC2(CC)C(=O)O)C1. The summed E-state index contributed by atoms with van der Waals surface area (Å²) in [6.07, 6.45) is 4.95. The van der Waals surface area contributed by atoms with E-state index < -0.39 is 11.5 Å². The van der Waals surface area contributed by atoms with Crippen molar-refractivity contribution in [2.45, 2.75) is 69.2 Å². The van der Waals surface area contributed by atoms with Gasteiger partial charge < -0.3 is 15.3 Å². The van der Waals surface area contributed by atoms with Crippen LogP contribution in [-0.2, 0) is 4.79 Å². The second-order valence-electron chi connectivity index (χ2n) is 5.98. The molecular weight excluding hydrogens is 288 g/mol. The lowest BCUT2D eigenvalue weighted by Gasteiger charge is -2.34. The molecule has 2 N–H and O–H groups in total. The van der Waals surface area contributed by atoms with E-state index in [4.69, 9.17) is 0 Å². The number of rotatable bonds is 5. The third-order valence-electron chi connectivity index (χ3n) is 4.83. The highest BCUT2D eigenvalue weighted by Gasteiger charge is 2.49. The van der Waals surface area contributed by atoms with E-state index in [9.17, 15) is 14.7 Å². The maximum atomic E-state index is 12.5. The van der Waals surface area contributed by atoms with E-state index >= 15 is 0 Å². The van der Waals surface area contributed by atoms with Crippen LogP contribution in [0.15, 0.2) is 0 Å². The van der Waals surface area contributed by atoms with Crippen LogP contribution in [0.1, 0.15) is 52.4 Å². The fraction of sp³-hybridized carbons (Fsp3) is 0.867. The Balaban J connectivity index is 1.95. The molecule has 3 unspecified atom stereocenters. The minimum Gasteiger partial charge on any atom is -0.479 e. The highest BCUT2D eigenvalue weighted by molar-refractivity contribution is 7.99. The van der Waals surface area contributed by atoms with Crippen molar-refractivity contribution < 1.29 is 14.7 Å². The number of urea groups is 1. The Morgan fingerprint density at radius 3 is 2.76 bits per heavy atom. The average molecular weight is 314 g/mol. The normalized spacial score (nSPS) is 32.4. The Morgan fingerprint density at radius 2 is 2.14 bits per heavy atom. The second-order valence-corrected chi connectivity index (χ2v) is 7.56. The molecule has 0 aromatic rings. The molecule has 0 aromatic carbocycles. The van der Waals surface area contributed by atoms with Gasteiger partial charge in [-0.1, -0.05) is 13.8 Å². The number of hydrogen-bond acceptors (Lipinski definition) is 3. The molecule has 0 spiro atoms. The molecule has 2 rings (SSSR count). The van der Waals surface area contributed by atoms with Crippen molar-refractivity contribution in [2.24, 2.45) is 0 Å². The Hall–Kier alpha value is -0.910. The molecule has 2 aliphatic rings. The van der Waals surface area contributed by atoms with Crippen LogP contribution in [0.2, 0.25) is 0 Å². The Kier molecular flexibility index (Phi) is 5.41. The summed E-state index contributed by atoms with van der Waals surface area (Å²) in [7, 11) is 0. The molecule has 3 atom stereocenters. The predicted molar refractivity (Wildman–Crippen MR) is 84.7 cm³/mol. The van der Waals surface area contributed by atoms with E-state index in [1.165, 1.54) is 0 Å². The van der Waals surface area contributed by atoms with Gasteiger partial charge >= 0.3 is 12.0 Å². The maximum absolute atomic E-state index is 12.5. The van der Waals surface area contributed by atoms with Gasteiger partial charge in [-0.3, -0.25) is 0 Å². The summed E-state index contributed by atoms with van der Waals surface area (Å²) in [5, 5.41) is 13.2. The van der Waals surface area contributed by atoms with E-state index in [-0.39, 0.29) is 12.1 Å². The van der Waals surface area contributed by atoms with Gasteiger partial charge in [-0.25, -0.2) is 9.59 Å². The molecule has 120 valence electrons. The van der Waals surface area contributed by atoms with Crippen molar-refractivity contribution >= 4 is 23.8 Å². The zero-order valence-electron chi connectivity index (χ0n) is 12.9. The van der Waals surface area contributed by atoms with E-state index in [0.717, 1.165) is 31.4 Å². The topological polar surface area (TPSA) is 69.6 Å². The quantitative estimate of drug-likeness (QED) is 0.818. The molecule has 2 amide bonds. The van der Waals surface area contributed by atoms with Gasteiger partial charge in [0, 0.05) is 17.8 Å². The van der Waals surface area contributed by atoms with Crippen molar-refractivity contribution in [3.8, 4) is 0 Å². The van der Waals surface area contributed by atoms with Gasteiger partial charge in [-0.15, -0.1) is 0 Å². The van der Waals surface area contributed by atoms with Crippen LogP contribution >= 0.6 is 11.8 Å². The first-order chi connectivity index (χ1) is 10.0. The van der Waals surface area contributed by atoms with Crippen molar-refractivity contribution in [1.29, 1.82) is 0 Å². The summed E-state index contributed by atoms with van der Waals surface area (Å²) in [5.41, 5.74) is -1.000. The monoisotopic (exact) mass is 314 g/mol. The highest BCUT2D eigenvalue weighted by Crippen LogP contribution is 2.34. The van der Waals surface area contributed by atoms with Crippen LogP contribution in [0, 0.1) is 0 Å². The number of amides is 2. The standard InChI is InChI=1S/C15H26N2O3S/c1-3-15(13(18)19)8-5-9-17(15)14(20)16-11-6-7-12(10-11)21-4-2/h11-12H,3-10H2,1-2H3,(H,16,20)(H,18,19). The summed E-state index contributed by atoms with van der Waals surface area (Å²) in [6.45, 7) is 4.55. The van der Waals surface area contributed by atoms with Gasteiger partial charge in [0.25, 0.3) is 0 Å². The van der Waals surface area contributed by atoms with Crippen LogP contribution in [0.25, 0.3) is 0 Å². The van der Waals surface area contributed by atoms with Crippen molar-refractivity contribution in [3.05, 3.63) is 0 Å². The van der Waals surface area contributed by atoms with Gasteiger partial charge in [0.15, 0.2) is 0 Å². The summed E-state index contributed by atoms with van der Waals surface area (Å²) >= 11 is 1.95. The van der Waals surface area contributed by atoms with Gasteiger partial charge in [0.2, 0.25) is 0 Å². The van der Waals surface area contributed by atoms with Crippen LogP contribution in [-0.4, -0.2) is 51.1 Å². The van der Waals surface area contributed by atoms with E-state index in [2.05, 4.69) is 12.2 Å².